The van der Waals surface area contributed by atoms with Gasteiger partial charge in [-0.1, -0.05) is 77.3 Å². The van der Waals surface area contributed by atoms with E-state index >= 15 is 0 Å². The van der Waals surface area contributed by atoms with E-state index in [1.54, 1.807) is 42.5 Å². The number of hydrogen-bond acceptors (Lipinski definition) is 3. The molecule has 0 aliphatic carbocycles. The number of amides is 2. The molecule has 0 fully saturated rings. The summed E-state index contributed by atoms with van der Waals surface area (Å²) < 4.78 is 5.69. The first-order valence-electron chi connectivity index (χ1n) is 10.8. The summed E-state index contributed by atoms with van der Waals surface area (Å²) in [5, 5.41) is 4.16. The molecule has 0 radical (unpaired) electrons. The number of nitrogens with zero attached hydrogens (tertiary/aromatic N) is 1. The molecular formula is C26H25Cl3N2O3. The molecule has 0 bridgehead atoms. The zero-order valence-electron chi connectivity index (χ0n) is 18.6. The van der Waals surface area contributed by atoms with E-state index in [4.69, 9.17) is 39.5 Å². The highest BCUT2D eigenvalue weighted by Crippen LogP contribution is 2.27. The Bertz CT molecular complexity index is 1110. The summed E-state index contributed by atoms with van der Waals surface area (Å²) in [6.07, 6.45) is 0.317. The van der Waals surface area contributed by atoms with Crippen molar-refractivity contribution >= 4 is 46.6 Å². The van der Waals surface area contributed by atoms with Crippen LogP contribution in [-0.4, -0.2) is 35.9 Å². The molecule has 2 amide bonds. The molecule has 3 aromatic rings. The molecule has 0 aliphatic heterocycles. The molecule has 3 rings (SSSR count). The van der Waals surface area contributed by atoms with Gasteiger partial charge in [0.15, 0.2) is 6.61 Å². The minimum atomic E-state index is -0.801. The Morgan fingerprint density at radius 3 is 2.26 bits per heavy atom. The molecule has 5 nitrogen and oxygen atoms in total. The molecular weight excluding hydrogens is 495 g/mol. The molecule has 0 spiro atoms. The second-order valence-electron chi connectivity index (χ2n) is 7.57. The number of likely N-dealkylation sites (N-methyl/N-ethyl adjacent to an activating group) is 1. The van der Waals surface area contributed by atoms with E-state index in [0.29, 0.717) is 39.3 Å². The molecule has 0 saturated heterocycles. The van der Waals surface area contributed by atoms with Gasteiger partial charge in [-0.15, -0.1) is 0 Å². The van der Waals surface area contributed by atoms with E-state index in [1.807, 2.05) is 37.3 Å². The monoisotopic (exact) mass is 518 g/mol. The van der Waals surface area contributed by atoms with Crippen molar-refractivity contribution in [2.45, 2.75) is 25.9 Å². The van der Waals surface area contributed by atoms with Crippen molar-refractivity contribution in [2.24, 2.45) is 0 Å². The van der Waals surface area contributed by atoms with Gasteiger partial charge in [0, 0.05) is 40.1 Å². The Balaban J connectivity index is 1.94. The summed E-state index contributed by atoms with van der Waals surface area (Å²) in [6, 6.07) is 20.6. The molecule has 178 valence electrons. The number of benzene rings is 3. The summed E-state index contributed by atoms with van der Waals surface area (Å²) in [7, 11) is 0. The largest absolute Gasteiger partial charge is 0.484 e. The average molecular weight is 520 g/mol. The van der Waals surface area contributed by atoms with Gasteiger partial charge < -0.3 is 15.0 Å². The third-order valence-electron chi connectivity index (χ3n) is 5.17. The van der Waals surface area contributed by atoms with Crippen molar-refractivity contribution in [3.05, 3.63) is 99.0 Å². The number of ether oxygens (including phenoxy) is 1. The SMILES string of the molecule is CCNC(=O)[C@H](Cc1ccccc1)N(Cc1c(Cl)cccc1Cl)C(=O)COc1cccc(Cl)c1. The first-order chi connectivity index (χ1) is 16.4. The van der Waals surface area contributed by atoms with Crippen molar-refractivity contribution in [3.8, 4) is 5.75 Å². The van der Waals surface area contributed by atoms with Crippen molar-refractivity contribution in [1.29, 1.82) is 0 Å². The fraction of sp³-hybridized carbons (Fsp3) is 0.231. The van der Waals surface area contributed by atoms with E-state index in [-0.39, 0.29) is 25.0 Å². The Labute approximate surface area is 214 Å². The predicted molar refractivity (Wildman–Crippen MR) is 137 cm³/mol. The minimum absolute atomic E-state index is 0.0465. The number of carbonyl (C=O) groups excluding carboxylic acids is 2. The average Bonchev–Trinajstić information content (AvgIpc) is 2.82. The highest BCUT2D eigenvalue weighted by atomic mass is 35.5. The van der Waals surface area contributed by atoms with Crippen molar-refractivity contribution in [2.75, 3.05) is 13.2 Å². The van der Waals surface area contributed by atoms with Crippen LogP contribution in [0.4, 0.5) is 0 Å². The highest BCUT2D eigenvalue weighted by molar-refractivity contribution is 6.36. The molecule has 34 heavy (non-hydrogen) atoms. The maximum atomic E-state index is 13.5. The van der Waals surface area contributed by atoms with Gasteiger partial charge in [-0.2, -0.15) is 0 Å². The van der Waals surface area contributed by atoms with Crippen LogP contribution in [0, 0.1) is 0 Å². The first kappa shape index (κ1) is 25.9. The van der Waals surface area contributed by atoms with Gasteiger partial charge in [0.2, 0.25) is 5.91 Å². The third-order valence-corrected chi connectivity index (χ3v) is 6.11. The Morgan fingerprint density at radius 1 is 0.941 bits per heavy atom. The maximum absolute atomic E-state index is 13.5. The van der Waals surface area contributed by atoms with E-state index in [1.165, 1.54) is 4.90 Å². The van der Waals surface area contributed by atoms with Crippen LogP contribution in [0.25, 0.3) is 0 Å². The van der Waals surface area contributed by atoms with Crippen LogP contribution in [0.2, 0.25) is 15.1 Å². The summed E-state index contributed by atoms with van der Waals surface area (Å²) in [6.45, 7) is 2.02. The molecule has 1 N–H and O–H groups in total. The fourth-order valence-electron chi connectivity index (χ4n) is 3.48. The van der Waals surface area contributed by atoms with E-state index in [9.17, 15) is 9.59 Å². The van der Waals surface area contributed by atoms with Gasteiger partial charge in [-0.3, -0.25) is 9.59 Å². The lowest BCUT2D eigenvalue weighted by Crippen LogP contribution is -2.51. The number of halogens is 3. The van der Waals surface area contributed by atoms with Gasteiger partial charge >= 0.3 is 0 Å². The van der Waals surface area contributed by atoms with E-state index in [0.717, 1.165) is 5.56 Å². The number of carbonyl (C=O) groups is 2. The summed E-state index contributed by atoms with van der Waals surface area (Å²) in [5.74, 6) is -0.206. The normalized spacial score (nSPS) is 11.5. The van der Waals surface area contributed by atoms with Crippen LogP contribution in [0.15, 0.2) is 72.8 Å². The van der Waals surface area contributed by atoms with Gasteiger partial charge in [0.25, 0.3) is 5.91 Å². The van der Waals surface area contributed by atoms with Crippen LogP contribution in [0.3, 0.4) is 0 Å². The van der Waals surface area contributed by atoms with Gasteiger partial charge in [0.1, 0.15) is 11.8 Å². The Morgan fingerprint density at radius 2 is 1.62 bits per heavy atom. The standard InChI is InChI=1S/C26H25Cl3N2O3/c1-2-30-26(33)24(14-18-8-4-3-5-9-18)31(16-21-22(28)12-7-13-23(21)29)25(32)17-34-20-11-6-10-19(27)15-20/h3-13,15,24H,2,14,16-17H2,1H3,(H,30,33)/t24-/m0/s1. The number of rotatable bonds is 10. The molecule has 3 aromatic carbocycles. The van der Waals surface area contributed by atoms with Gasteiger partial charge in [0.05, 0.1) is 0 Å². The molecule has 0 aliphatic rings. The van der Waals surface area contributed by atoms with Crippen LogP contribution >= 0.6 is 34.8 Å². The molecule has 0 unspecified atom stereocenters. The van der Waals surface area contributed by atoms with Crippen molar-refractivity contribution in [1.82, 2.24) is 10.2 Å². The van der Waals surface area contributed by atoms with Crippen LogP contribution < -0.4 is 10.1 Å². The van der Waals surface area contributed by atoms with E-state index in [2.05, 4.69) is 5.32 Å². The van der Waals surface area contributed by atoms with E-state index < -0.39 is 6.04 Å². The minimum Gasteiger partial charge on any atom is -0.484 e. The summed E-state index contributed by atoms with van der Waals surface area (Å²) in [4.78, 5) is 28.1. The Kier molecular flexibility index (Phi) is 9.63. The second kappa shape index (κ2) is 12.7. The van der Waals surface area contributed by atoms with Crippen LogP contribution in [0.5, 0.6) is 5.75 Å². The number of nitrogens with one attached hydrogen (secondary N) is 1. The van der Waals surface area contributed by atoms with Crippen molar-refractivity contribution in [3.63, 3.8) is 0 Å². The molecule has 8 heteroatoms. The van der Waals surface area contributed by atoms with Crippen LogP contribution in [-0.2, 0) is 22.6 Å². The molecule has 1 atom stereocenters. The zero-order chi connectivity index (χ0) is 24.5. The lowest BCUT2D eigenvalue weighted by molar-refractivity contribution is -0.142. The quantitative estimate of drug-likeness (QED) is 0.368. The Hall–Kier alpha value is -2.73. The molecule has 0 aromatic heterocycles. The first-order valence-corrected chi connectivity index (χ1v) is 11.9. The summed E-state index contributed by atoms with van der Waals surface area (Å²) >= 11 is 18.8. The highest BCUT2D eigenvalue weighted by Gasteiger charge is 2.31. The molecule has 0 saturated carbocycles. The maximum Gasteiger partial charge on any atom is 0.261 e. The van der Waals surface area contributed by atoms with Gasteiger partial charge in [-0.25, -0.2) is 0 Å². The lowest BCUT2D eigenvalue weighted by atomic mass is 10.0. The fourth-order valence-corrected chi connectivity index (χ4v) is 4.18. The lowest BCUT2D eigenvalue weighted by Gasteiger charge is -2.32. The van der Waals surface area contributed by atoms with Crippen LogP contribution in [0.1, 0.15) is 18.1 Å². The zero-order valence-corrected chi connectivity index (χ0v) is 20.9. The van der Waals surface area contributed by atoms with Gasteiger partial charge in [-0.05, 0) is 42.8 Å². The predicted octanol–water partition coefficient (Wildman–Crippen LogP) is 5.80. The third kappa shape index (κ3) is 7.13. The topological polar surface area (TPSA) is 58.6 Å². The second-order valence-corrected chi connectivity index (χ2v) is 8.82. The molecule has 0 heterocycles. The van der Waals surface area contributed by atoms with Crippen molar-refractivity contribution < 1.29 is 14.3 Å². The smallest absolute Gasteiger partial charge is 0.261 e. The summed E-state index contributed by atoms with van der Waals surface area (Å²) in [5.41, 5.74) is 1.47. The number of hydrogen-bond donors (Lipinski definition) is 1.